The van der Waals surface area contributed by atoms with Crippen LogP contribution < -0.4 is 5.32 Å². The Morgan fingerprint density at radius 1 is 1.18 bits per heavy atom. The summed E-state index contributed by atoms with van der Waals surface area (Å²) >= 11 is 0. The van der Waals surface area contributed by atoms with Gasteiger partial charge in [0.2, 0.25) is 0 Å². The molecular weight excluding hydrogens is 278 g/mol. The maximum Gasteiger partial charge on any atom is 0.343 e. The molecule has 1 fully saturated rings. The van der Waals surface area contributed by atoms with Crippen molar-refractivity contribution in [2.24, 2.45) is 5.92 Å². The third-order valence-corrected chi connectivity index (χ3v) is 4.15. The van der Waals surface area contributed by atoms with Crippen LogP contribution in [0.4, 0.5) is 5.69 Å². The minimum atomic E-state index is -1.58. The molecule has 0 spiro atoms. The third-order valence-electron chi connectivity index (χ3n) is 4.15. The Bertz CT molecular complexity index is 671. The number of anilines is 1. The van der Waals surface area contributed by atoms with Gasteiger partial charge >= 0.3 is 5.97 Å². The Labute approximate surface area is 129 Å². The summed E-state index contributed by atoms with van der Waals surface area (Å²) in [5, 5.41) is 14.2. The average Bonchev–Trinajstić information content (AvgIpc) is 2.82. The van der Waals surface area contributed by atoms with Crippen LogP contribution in [0.5, 0.6) is 0 Å². The number of ether oxygens (including phenoxy) is 1. The number of esters is 1. The van der Waals surface area contributed by atoms with Crippen molar-refractivity contribution in [1.29, 1.82) is 0 Å². The molecule has 1 aliphatic heterocycles. The molecule has 0 bridgehead atoms. The van der Waals surface area contributed by atoms with E-state index in [0.29, 0.717) is 12.1 Å². The van der Waals surface area contributed by atoms with E-state index in [9.17, 15) is 9.90 Å². The first-order valence-corrected chi connectivity index (χ1v) is 7.39. The monoisotopic (exact) mass is 297 g/mol. The van der Waals surface area contributed by atoms with Gasteiger partial charge in [0.15, 0.2) is 5.60 Å². The number of rotatable bonds is 4. The summed E-state index contributed by atoms with van der Waals surface area (Å²) in [7, 11) is 0. The van der Waals surface area contributed by atoms with E-state index in [1.807, 2.05) is 55.5 Å². The fraction of sp³-hybridized carbons (Fsp3) is 0.278. The minimum absolute atomic E-state index is 0.238. The molecule has 0 aliphatic carbocycles. The number of nitrogens with one attached hydrogen (secondary N) is 1. The summed E-state index contributed by atoms with van der Waals surface area (Å²) in [5.41, 5.74) is 0.868. The van der Waals surface area contributed by atoms with E-state index in [1.54, 1.807) is 6.07 Å². The standard InChI is InChI=1S/C18H19NO3/c1-13-12-22-17(20)18(13,21)15-9-5-6-10-16(15)19-11-14-7-3-2-4-8-14/h2-10,13,19,21H,11-12H2,1H3/t13-,18+/m0/s1. The van der Waals surface area contributed by atoms with Gasteiger partial charge in [-0.25, -0.2) is 4.79 Å². The first-order chi connectivity index (χ1) is 10.6. The normalized spacial score (nSPS) is 24.1. The van der Waals surface area contributed by atoms with Gasteiger partial charge in [0, 0.05) is 23.7 Å². The van der Waals surface area contributed by atoms with E-state index in [1.165, 1.54) is 0 Å². The molecule has 3 rings (SSSR count). The second-order valence-corrected chi connectivity index (χ2v) is 5.65. The molecule has 0 radical (unpaired) electrons. The van der Waals surface area contributed by atoms with Gasteiger partial charge in [0.05, 0.1) is 6.61 Å². The van der Waals surface area contributed by atoms with Crippen molar-refractivity contribution in [2.45, 2.75) is 19.1 Å². The predicted molar refractivity (Wildman–Crippen MR) is 84.2 cm³/mol. The molecule has 4 heteroatoms. The fourth-order valence-corrected chi connectivity index (χ4v) is 2.77. The number of hydrogen-bond acceptors (Lipinski definition) is 4. The van der Waals surface area contributed by atoms with Crippen molar-refractivity contribution in [3.63, 3.8) is 0 Å². The highest BCUT2D eigenvalue weighted by atomic mass is 16.6. The number of carbonyl (C=O) groups excluding carboxylic acids is 1. The Balaban J connectivity index is 1.89. The van der Waals surface area contributed by atoms with Gasteiger partial charge < -0.3 is 15.2 Å². The average molecular weight is 297 g/mol. The molecule has 0 amide bonds. The van der Waals surface area contributed by atoms with Crippen LogP contribution in [0.15, 0.2) is 54.6 Å². The lowest BCUT2D eigenvalue weighted by Crippen LogP contribution is -2.37. The zero-order chi connectivity index (χ0) is 15.6. The molecule has 2 atom stereocenters. The fourth-order valence-electron chi connectivity index (χ4n) is 2.77. The van der Waals surface area contributed by atoms with Crippen molar-refractivity contribution in [3.8, 4) is 0 Å². The van der Waals surface area contributed by atoms with Crippen LogP contribution in [0.2, 0.25) is 0 Å². The highest BCUT2D eigenvalue weighted by molar-refractivity contribution is 5.85. The Morgan fingerprint density at radius 2 is 1.86 bits per heavy atom. The number of hydrogen-bond donors (Lipinski definition) is 2. The minimum Gasteiger partial charge on any atom is -0.463 e. The Morgan fingerprint density at radius 3 is 2.55 bits per heavy atom. The van der Waals surface area contributed by atoms with Crippen LogP contribution in [-0.4, -0.2) is 17.7 Å². The lowest BCUT2D eigenvalue weighted by molar-refractivity contribution is -0.155. The van der Waals surface area contributed by atoms with Crippen LogP contribution in [0.3, 0.4) is 0 Å². The van der Waals surface area contributed by atoms with Crippen LogP contribution in [0.1, 0.15) is 18.1 Å². The molecule has 4 nitrogen and oxygen atoms in total. The molecule has 22 heavy (non-hydrogen) atoms. The summed E-state index contributed by atoms with van der Waals surface area (Å²) in [4.78, 5) is 12.0. The number of carbonyl (C=O) groups is 1. The van der Waals surface area contributed by atoms with E-state index in [2.05, 4.69) is 5.32 Å². The van der Waals surface area contributed by atoms with Gasteiger partial charge in [-0.15, -0.1) is 0 Å². The first-order valence-electron chi connectivity index (χ1n) is 7.39. The molecular formula is C18H19NO3. The second-order valence-electron chi connectivity index (χ2n) is 5.65. The molecule has 0 aromatic heterocycles. The topological polar surface area (TPSA) is 58.6 Å². The zero-order valence-electron chi connectivity index (χ0n) is 12.5. The van der Waals surface area contributed by atoms with Crippen molar-refractivity contribution in [2.75, 3.05) is 11.9 Å². The number of para-hydroxylation sites is 1. The maximum atomic E-state index is 12.0. The summed E-state index contributed by atoms with van der Waals surface area (Å²) in [6.45, 7) is 2.68. The highest BCUT2D eigenvalue weighted by Gasteiger charge is 2.51. The summed E-state index contributed by atoms with van der Waals surface area (Å²) in [6, 6.07) is 17.3. The maximum absolute atomic E-state index is 12.0. The Hall–Kier alpha value is -2.33. The molecule has 0 unspecified atom stereocenters. The van der Waals surface area contributed by atoms with Gasteiger partial charge in [-0.1, -0.05) is 55.5 Å². The smallest absolute Gasteiger partial charge is 0.343 e. The van der Waals surface area contributed by atoms with Gasteiger partial charge in [-0.2, -0.15) is 0 Å². The molecule has 0 saturated carbocycles. The number of cyclic esters (lactones) is 1. The number of benzene rings is 2. The van der Waals surface area contributed by atoms with E-state index in [4.69, 9.17) is 4.74 Å². The van der Waals surface area contributed by atoms with E-state index >= 15 is 0 Å². The molecule has 114 valence electrons. The Kier molecular flexibility index (Phi) is 3.86. The van der Waals surface area contributed by atoms with Gasteiger partial charge in [0.25, 0.3) is 0 Å². The van der Waals surface area contributed by atoms with E-state index in [0.717, 1.165) is 11.3 Å². The largest absolute Gasteiger partial charge is 0.463 e. The van der Waals surface area contributed by atoms with E-state index in [-0.39, 0.29) is 12.5 Å². The first kappa shape index (κ1) is 14.6. The van der Waals surface area contributed by atoms with Crippen molar-refractivity contribution < 1.29 is 14.6 Å². The van der Waals surface area contributed by atoms with Gasteiger partial charge in [-0.05, 0) is 11.6 Å². The van der Waals surface area contributed by atoms with Gasteiger partial charge in [0.1, 0.15) is 0 Å². The molecule has 1 saturated heterocycles. The number of aliphatic hydroxyl groups is 1. The molecule has 2 N–H and O–H groups in total. The van der Waals surface area contributed by atoms with Crippen LogP contribution >= 0.6 is 0 Å². The van der Waals surface area contributed by atoms with Crippen LogP contribution in [-0.2, 0) is 21.7 Å². The summed E-state index contributed by atoms with van der Waals surface area (Å²) < 4.78 is 5.04. The molecule has 2 aromatic carbocycles. The summed E-state index contributed by atoms with van der Waals surface area (Å²) in [6.07, 6.45) is 0. The highest BCUT2D eigenvalue weighted by Crippen LogP contribution is 2.39. The van der Waals surface area contributed by atoms with Crippen molar-refractivity contribution in [1.82, 2.24) is 0 Å². The lowest BCUT2D eigenvalue weighted by atomic mass is 9.83. The van der Waals surface area contributed by atoms with Crippen LogP contribution in [0, 0.1) is 5.92 Å². The molecule has 2 aromatic rings. The lowest BCUT2D eigenvalue weighted by Gasteiger charge is -2.26. The van der Waals surface area contributed by atoms with Crippen molar-refractivity contribution in [3.05, 3.63) is 65.7 Å². The van der Waals surface area contributed by atoms with E-state index < -0.39 is 11.6 Å². The quantitative estimate of drug-likeness (QED) is 0.852. The van der Waals surface area contributed by atoms with Crippen molar-refractivity contribution >= 4 is 11.7 Å². The SMILES string of the molecule is C[C@H]1COC(=O)[C@]1(O)c1ccccc1NCc1ccccc1. The van der Waals surface area contributed by atoms with Crippen LogP contribution in [0.25, 0.3) is 0 Å². The van der Waals surface area contributed by atoms with Gasteiger partial charge in [-0.3, -0.25) is 0 Å². The third kappa shape index (κ3) is 2.46. The molecule has 1 aliphatic rings. The molecule has 1 heterocycles. The summed E-state index contributed by atoms with van der Waals surface area (Å²) in [5.74, 6) is -0.853. The predicted octanol–water partition coefficient (Wildman–Crippen LogP) is 2.68. The zero-order valence-corrected chi connectivity index (χ0v) is 12.5. The second kappa shape index (κ2) is 5.81.